The molecule has 9 heteroatoms. The molecule has 0 bridgehead atoms. The number of nitrogens with one attached hydrogen (secondary N) is 2. The van der Waals surface area contributed by atoms with Gasteiger partial charge in [-0.3, -0.25) is 34.6 Å². The molecule has 1 saturated heterocycles. The summed E-state index contributed by atoms with van der Waals surface area (Å²) in [5.41, 5.74) is 1.52. The van der Waals surface area contributed by atoms with E-state index in [0.29, 0.717) is 22.6 Å². The van der Waals surface area contributed by atoms with Crippen molar-refractivity contribution in [1.82, 2.24) is 15.5 Å². The number of hydrogen-bond acceptors (Lipinski definition) is 6. The first-order chi connectivity index (χ1) is 14.7. The van der Waals surface area contributed by atoms with Gasteiger partial charge in [-0.1, -0.05) is 12.1 Å². The van der Waals surface area contributed by atoms with E-state index in [4.69, 9.17) is 4.42 Å². The van der Waals surface area contributed by atoms with Crippen molar-refractivity contribution in [2.75, 3.05) is 0 Å². The molecule has 0 spiro atoms. The lowest BCUT2D eigenvalue weighted by Gasteiger charge is -2.29. The molecule has 0 saturated carbocycles. The van der Waals surface area contributed by atoms with Gasteiger partial charge in [-0.2, -0.15) is 0 Å². The third kappa shape index (κ3) is 3.86. The topological polar surface area (TPSA) is 126 Å². The van der Waals surface area contributed by atoms with Crippen LogP contribution < -0.4 is 10.6 Å². The predicted octanol–water partition coefficient (Wildman–Crippen LogP) is 1.16. The number of carbonyl (C=O) groups is 5. The molecule has 3 heterocycles. The van der Waals surface area contributed by atoms with E-state index in [-0.39, 0.29) is 42.8 Å². The van der Waals surface area contributed by atoms with Crippen LogP contribution in [0.2, 0.25) is 0 Å². The van der Waals surface area contributed by atoms with E-state index in [1.54, 1.807) is 32.0 Å². The van der Waals surface area contributed by atoms with Gasteiger partial charge in [0.2, 0.25) is 17.7 Å². The monoisotopic (exact) mass is 423 g/mol. The van der Waals surface area contributed by atoms with E-state index < -0.39 is 29.7 Å². The summed E-state index contributed by atoms with van der Waals surface area (Å²) >= 11 is 0. The Bertz CT molecular complexity index is 1130. The van der Waals surface area contributed by atoms with Crippen molar-refractivity contribution in [2.45, 2.75) is 45.7 Å². The molecular weight excluding hydrogens is 402 g/mol. The average molecular weight is 423 g/mol. The number of benzene rings is 1. The molecule has 1 aromatic carbocycles. The summed E-state index contributed by atoms with van der Waals surface area (Å²) in [4.78, 5) is 63.2. The summed E-state index contributed by atoms with van der Waals surface area (Å²) in [6.07, 6.45) is 0.347. The molecule has 1 unspecified atom stereocenters. The standard InChI is InChI=1S/C22H21N3O6/c1-11-8-14(12(2)31-11)9-18(27)24-20(28)15-5-3-4-13-10-25(22(30)19(13)15)16-6-7-17(26)23-21(16)29/h3-5,8,16H,6-7,9-10H2,1-2H3,(H,23,26,29)(H,24,27,28). The lowest BCUT2D eigenvalue weighted by Crippen LogP contribution is -2.52. The summed E-state index contributed by atoms with van der Waals surface area (Å²) in [5.74, 6) is -1.28. The Morgan fingerprint density at radius 3 is 2.68 bits per heavy atom. The van der Waals surface area contributed by atoms with Gasteiger partial charge in [0, 0.05) is 18.5 Å². The minimum Gasteiger partial charge on any atom is -0.466 e. The van der Waals surface area contributed by atoms with Gasteiger partial charge in [0.25, 0.3) is 11.8 Å². The Morgan fingerprint density at radius 2 is 2.00 bits per heavy atom. The van der Waals surface area contributed by atoms with E-state index in [9.17, 15) is 24.0 Å². The van der Waals surface area contributed by atoms with Crippen LogP contribution in [0.3, 0.4) is 0 Å². The first kappa shape index (κ1) is 20.5. The zero-order valence-electron chi connectivity index (χ0n) is 17.1. The second kappa shape index (κ2) is 7.82. The van der Waals surface area contributed by atoms with E-state index in [1.165, 1.54) is 11.0 Å². The number of fused-ring (bicyclic) bond motifs is 1. The highest BCUT2D eigenvalue weighted by Crippen LogP contribution is 2.29. The molecule has 4 rings (SSSR count). The Hall–Kier alpha value is -3.75. The van der Waals surface area contributed by atoms with Gasteiger partial charge < -0.3 is 9.32 Å². The lowest BCUT2D eigenvalue weighted by molar-refractivity contribution is -0.137. The summed E-state index contributed by atoms with van der Waals surface area (Å²) < 4.78 is 5.40. The largest absolute Gasteiger partial charge is 0.466 e. The van der Waals surface area contributed by atoms with Crippen LogP contribution in [-0.2, 0) is 27.3 Å². The zero-order valence-corrected chi connectivity index (χ0v) is 17.1. The second-order valence-electron chi connectivity index (χ2n) is 7.73. The lowest BCUT2D eigenvalue weighted by atomic mass is 10.0. The number of amides is 5. The van der Waals surface area contributed by atoms with Crippen molar-refractivity contribution in [1.29, 1.82) is 0 Å². The first-order valence-corrected chi connectivity index (χ1v) is 9.91. The summed E-state index contributed by atoms with van der Waals surface area (Å²) in [6, 6.07) is 5.77. The molecule has 31 heavy (non-hydrogen) atoms. The molecule has 1 fully saturated rings. The Kier molecular flexibility index (Phi) is 5.18. The quantitative estimate of drug-likeness (QED) is 0.711. The van der Waals surface area contributed by atoms with Crippen molar-refractivity contribution < 1.29 is 28.4 Å². The van der Waals surface area contributed by atoms with Gasteiger partial charge in [0.15, 0.2) is 0 Å². The minimum atomic E-state index is -0.776. The molecule has 0 radical (unpaired) electrons. The zero-order chi connectivity index (χ0) is 22.3. The Labute approximate surface area is 177 Å². The van der Waals surface area contributed by atoms with Gasteiger partial charge in [-0.25, -0.2) is 0 Å². The number of piperidine rings is 1. The molecule has 5 amide bonds. The van der Waals surface area contributed by atoms with Crippen LogP contribution in [0.1, 0.15) is 56.2 Å². The average Bonchev–Trinajstić information content (AvgIpc) is 3.20. The van der Waals surface area contributed by atoms with Gasteiger partial charge in [0.1, 0.15) is 17.6 Å². The number of hydrogen-bond donors (Lipinski definition) is 2. The molecule has 2 aliphatic rings. The van der Waals surface area contributed by atoms with E-state index in [0.717, 1.165) is 0 Å². The van der Waals surface area contributed by atoms with Crippen LogP contribution in [0.5, 0.6) is 0 Å². The van der Waals surface area contributed by atoms with E-state index in [2.05, 4.69) is 10.6 Å². The molecule has 0 aliphatic carbocycles. The summed E-state index contributed by atoms with van der Waals surface area (Å²) in [6.45, 7) is 3.67. The van der Waals surface area contributed by atoms with Crippen LogP contribution in [0.25, 0.3) is 0 Å². The maximum atomic E-state index is 13.1. The van der Waals surface area contributed by atoms with Crippen molar-refractivity contribution in [2.24, 2.45) is 0 Å². The normalized spacial score (nSPS) is 18.1. The third-order valence-corrected chi connectivity index (χ3v) is 5.54. The highest BCUT2D eigenvalue weighted by molar-refractivity contribution is 6.14. The number of carbonyl (C=O) groups excluding carboxylic acids is 5. The fourth-order valence-corrected chi connectivity index (χ4v) is 4.07. The minimum absolute atomic E-state index is 0.0275. The van der Waals surface area contributed by atoms with Crippen LogP contribution in [0.15, 0.2) is 28.7 Å². The molecule has 2 aliphatic heterocycles. The van der Waals surface area contributed by atoms with Gasteiger partial charge in [-0.15, -0.1) is 0 Å². The maximum Gasteiger partial charge on any atom is 0.258 e. The third-order valence-electron chi connectivity index (χ3n) is 5.54. The van der Waals surface area contributed by atoms with Crippen molar-refractivity contribution >= 4 is 29.5 Å². The molecule has 2 N–H and O–H groups in total. The second-order valence-corrected chi connectivity index (χ2v) is 7.73. The number of furan rings is 1. The highest BCUT2D eigenvalue weighted by atomic mass is 16.3. The number of rotatable bonds is 4. The van der Waals surface area contributed by atoms with E-state index in [1.807, 2.05) is 0 Å². The van der Waals surface area contributed by atoms with Crippen LogP contribution in [0.4, 0.5) is 0 Å². The molecule has 1 aromatic heterocycles. The molecule has 9 nitrogen and oxygen atoms in total. The maximum absolute atomic E-state index is 13.1. The Balaban J connectivity index is 1.51. The summed E-state index contributed by atoms with van der Waals surface area (Å²) in [7, 11) is 0. The van der Waals surface area contributed by atoms with Crippen molar-refractivity contribution in [3.05, 3.63) is 58.0 Å². The molecule has 2 aromatic rings. The molecular formula is C22H21N3O6. The van der Waals surface area contributed by atoms with Gasteiger partial charge >= 0.3 is 0 Å². The van der Waals surface area contributed by atoms with Gasteiger partial charge in [-0.05, 0) is 38.0 Å². The van der Waals surface area contributed by atoms with Crippen LogP contribution in [-0.4, -0.2) is 40.5 Å². The van der Waals surface area contributed by atoms with Crippen molar-refractivity contribution in [3.63, 3.8) is 0 Å². The van der Waals surface area contributed by atoms with Crippen LogP contribution >= 0.6 is 0 Å². The van der Waals surface area contributed by atoms with Crippen molar-refractivity contribution in [3.8, 4) is 0 Å². The molecule has 160 valence electrons. The SMILES string of the molecule is Cc1cc(CC(=O)NC(=O)c2cccc3c2C(=O)N(C2CCC(=O)NC2=O)C3)c(C)o1. The Morgan fingerprint density at radius 1 is 1.23 bits per heavy atom. The molecule has 1 atom stereocenters. The highest BCUT2D eigenvalue weighted by Gasteiger charge is 2.40. The fourth-order valence-electron chi connectivity index (χ4n) is 4.07. The van der Waals surface area contributed by atoms with Gasteiger partial charge in [0.05, 0.1) is 17.5 Å². The number of aryl methyl sites for hydroxylation is 2. The predicted molar refractivity (Wildman–Crippen MR) is 107 cm³/mol. The summed E-state index contributed by atoms with van der Waals surface area (Å²) in [5, 5.41) is 4.57. The van der Waals surface area contributed by atoms with E-state index >= 15 is 0 Å². The van der Waals surface area contributed by atoms with Crippen LogP contribution in [0, 0.1) is 13.8 Å². The smallest absolute Gasteiger partial charge is 0.258 e. The number of nitrogens with zero attached hydrogens (tertiary/aromatic N) is 1. The fraction of sp³-hybridized carbons (Fsp3) is 0.318. The number of imide groups is 2. The first-order valence-electron chi connectivity index (χ1n) is 9.91.